The fourth-order valence-electron chi connectivity index (χ4n) is 2.80. The number of halogens is 2. The van der Waals surface area contributed by atoms with E-state index < -0.39 is 0 Å². The molecule has 0 radical (unpaired) electrons. The summed E-state index contributed by atoms with van der Waals surface area (Å²) in [6, 6.07) is 13.9. The van der Waals surface area contributed by atoms with E-state index in [0.29, 0.717) is 0 Å². The van der Waals surface area contributed by atoms with E-state index in [-0.39, 0.29) is 24.0 Å². The van der Waals surface area contributed by atoms with Gasteiger partial charge in [0.2, 0.25) is 0 Å². The monoisotopic (exact) mass is 471 g/mol. The number of rotatable bonds is 3. The van der Waals surface area contributed by atoms with Gasteiger partial charge >= 0.3 is 0 Å². The summed E-state index contributed by atoms with van der Waals surface area (Å²) in [5.74, 6) is 1.98. The summed E-state index contributed by atoms with van der Waals surface area (Å²) < 4.78 is 0. The summed E-state index contributed by atoms with van der Waals surface area (Å²) in [7, 11) is 1.83. The SMILES string of the molecule is CN=C(NCc1ccc(Cl)cc1)N1CCN(c2ccccn2)CC1.I. The molecule has 1 aliphatic heterocycles. The third-order valence-electron chi connectivity index (χ3n) is 4.13. The number of hydrogen-bond acceptors (Lipinski definition) is 3. The van der Waals surface area contributed by atoms with Crippen LogP contribution in [0.3, 0.4) is 0 Å². The molecule has 0 amide bonds. The predicted molar refractivity (Wildman–Crippen MR) is 115 cm³/mol. The Morgan fingerprint density at radius 2 is 1.84 bits per heavy atom. The zero-order valence-corrected chi connectivity index (χ0v) is 17.3. The van der Waals surface area contributed by atoms with Gasteiger partial charge in [-0.2, -0.15) is 0 Å². The lowest BCUT2D eigenvalue weighted by molar-refractivity contribution is 0.371. The average Bonchev–Trinajstić information content (AvgIpc) is 2.65. The van der Waals surface area contributed by atoms with Crippen LogP contribution in [-0.2, 0) is 6.54 Å². The van der Waals surface area contributed by atoms with Crippen molar-refractivity contribution in [1.29, 1.82) is 0 Å². The third-order valence-corrected chi connectivity index (χ3v) is 4.38. The number of aromatic nitrogens is 1. The Labute approximate surface area is 171 Å². The molecule has 0 bridgehead atoms. The predicted octanol–water partition coefficient (Wildman–Crippen LogP) is 3.25. The van der Waals surface area contributed by atoms with Crippen molar-refractivity contribution in [2.24, 2.45) is 4.99 Å². The maximum Gasteiger partial charge on any atom is 0.194 e. The van der Waals surface area contributed by atoms with Gasteiger partial charge in [-0.15, -0.1) is 24.0 Å². The summed E-state index contributed by atoms with van der Waals surface area (Å²) in [5.41, 5.74) is 1.19. The zero-order valence-electron chi connectivity index (χ0n) is 14.2. The maximum absolute atomic E-state index is 5.93. The fourth-order valence-corrected chi connectivity index (χ4v) is 2.93. The van der Waals surface area contributed by atoms with Crippen LogP contribution in [0.2, 0.25) is 5.02 Å². The Morgan fingerprint density at radius 1 is 1.12 bits per heavy atom. The second kappa shape index (κ2) is 9.82. The van der Waals surface area contributed by atoms with Crippen LogP contribution in [0.5, 0.6) is 0 Å². The largest absolute Gasteiger partial charge is 0.353 e. The topological polar surface area (TPSA) is 43.8 Å². The van der Waals surface area contributed by atoms with Crippen LogP contribution in [0.1, 0.15) is 5.56 Å². The molecular weight excluding hydrogens is 449 g/mol. The van der Waals surface area contributed by atoms with Crippen LogP contribution < -0.4 is 10.2 Å². The van der Waals surface area contributed by atoms with Crippen LogP contribution in [0.25, 0.3) is 0 Å². The van der Waals surface area contributed by atoms with E-state index in [4.69, 9.17) is 11.6 Å². The molecule has 25 heavy (non-hydrogen) atoms. The molecule has 0 aliphatic carbocycles. The van der Waals surface area contributed by atoms with Crippen LogP contribution in [0.15, 0.2) is 53.7 Å². The lowest BCUT2D eigenvalue weighted by atomic mass is 10.2. The maximum atomic E-state index is 5.93. The molecule has 134 valence electrons. The fraction of sp³-hybridized carbons (Fsp3) is 0.333. The van der Waals surface area contributed by atoms with E-state index >= 15 is 0 Å². The van der Waals surface area contributed by atoms with Crippen molar-refractivity contribution in [2.75, 3.05) is 38.1 Å². The minimum absolute atomic E-state index is 0. The number of piperazine rings is 1. The number of anilines is 1. The average molecular weight is 472 g/mol. The number of hydrogen-bond donors (Lipinski definition) is 1. The minimum atomic E-state index is 0. The molecule has 3 rings (SSSR count). The van der Waals surface area contributed by atoms with E-state index in [1.807, 2.05) is 49.6 Å². The molecule has 1 aromatic heterocycles. The summed E-state index contributed by atoms with van der Waals surface area (Å²) in [5, 5.41) is 4.19. The molecule has 1 fully saturated rings. The van der Waals surface area contributed by atoms with Crippen molar-refractivity contribution < 1.29 is 0 Å². The first-order valence-electron chi connectivity index (χ1n) is 8.12. The van der Waals surface area contributed by atoms with E-state index in [0.717, 1.165) is 49.5 Å². The van der Waals surface area contributed by atoms with E-state index in [1.165, 1.54) is 5.56 Å². The Morgan fingerprint density at radius 3 is 2.44 bits per heavy atom. The highest BCUT2D eigenvalue weighted by Crippen LogP contribution is 2.13. The lowest BCUT2D eigenvalue weighted by Crippen LogP contribution is -2.52. The number of pyridine rings is 1. The molecule has 1 N–H and O–H groups in total. The molecule has 2 aromatic rings. The lowest BCUT2D eigenvalue weighted by Gasteiger charge is -2.37. The Kier molecular flexibility index (Phi) is 7.77. The number of nitrogens with one attached hydrogen (secondary N) is 1. The molecule has 1 aliphatic rings. The Hall–Kier alpha value is -1.54. The van der Waals surface area contributed by atoms with Gasteiger partial charge in [0.1, 0.15) is 5.82 Å². The summed E-state index contributed by atoms with van der Waals surface area (Å²) in [6.07, 6.45) is 1.84. The second-order valence-electron chi connectivity index (χ2n) is 5.69. The first-order valence-corrected chi connectivity index (χ1v) is 8.50. The van der Waals surface area contributed by atoms with Gasteiger partial charge in [0.05, 0.1) is 0 Å². The van der Waals surface area contributed by atoms with Crippen LogP contribution in [-0.4, -0.2) is 49.1 Å². The van der Waals surface area contributed by atoms with Crippen LogP contribution in [0, 0.1) is 0 Å². The molecule has 5 nitrogen and oxygen atoms in total. The van der Waals surface area contributed by atoms with Crippen molar-refractivity contribution in [3.05, 3.63) is 59.2 Å². The molecule has 2 heterocycles. The van der Waals surface area contributed by atoms with Gasteiger partial charge in [-0.25, -0.2) is 4.98 Å². The molecule has 7 heteroatoms. The van der Waals surface area contributed by atoms with Crippen molar-refractivity contribution >= 4 is 47.4 Å². The quantitative estimate of drug-likeness (QED) is 0.424. The van der Waals surface area contributed by atoms with Gasteiger partial charge in [-0.05, 0) is 29.8 Å². The van der Waals surface area contributed by atoms with Gasteiger partial charge in [0.25, 0.3) is 0 Å². The smallest absolute Gasteiger partial charge is 0.194 e. The number of benzene rings is 1. The Bertz CT molecular complexity index is 670. The third kappa shape index (κ3) is 5.47. The number of nitrogens with zero attached hydrogens (tertiary/aromatic N) is 4. The van der Waals surface area contributed by atoms with Crippen molar-refractivity contribution in [3.63, 3.8) is 0 Å². The second-order valence-corrected chi connectivity index (χ2v) is 6.13. The van der Waals surface area contributed by atoms with Gasteiger partial charge in [0.15, 0.2) is 5.96 Å². The highest BCUT2D eigenvalue weighted by atomic mass is 127. The van der Waals surface area contributed by atoms with E-state index in [9.17, 15) is 0 Å². The minimum Gasteiger partial charge on any atom is -0.353 e. The highest BCUT2D eigenvalue weighted by Gasteiger charge is 2.20. The first-order chi connectivity index (χ1) is 11.8. The molecular formula is C18H23ClIN5. The Balaban J connectivity index is 0.00000225. The van der Waals surface area contributed by atoms with Crippen molar-refractivity contribution in [1.82, 2.24) is 15.2 Å². The molecule has 0 saturated carbocycles. The van der Waals surface area contributed by atoms with E-state index in [2.05, 4.69) is 31.2 Å². The van der Waals surface area contributed by atoms with E-state index in [1.54, 1.807) is 0 Å². The normalized spacial score (nSPS) is 14.9. The summed E-state index contributed by atoms with van der Waals surface area (Å²) in [4.78, 5) is 13.4. The van der Waals surface area contributed by atoms with Crippen molar-refractivity contribution in [3.8, 4) is 0 Å². The molecule has 0 unspecified atom stereocenters. The molecule has 0 spiro atoms. The zero-order chi connectivity index (χ0) is 16.8. The summed E-state index contributed by atoms with van der Waals surface area (Å²) >= 11 is 5.93. The molecule has 1 aromatic carbocycles. The van der Waals surface area contributed by atoms with Gasteiger partial charge in [-0.1, -0.05) is 29.8 Å². The van der Waals surface area contributed by atoms with Gasteiger partial charge < -0.3 is 15.1 Å². The first kappa shape index (κ1) is 19.8. The highest BCUT2D eigenvalue weighted by molar-refractivity contribution is 14.0. The van der Waals surface area contributed by atoms with Gasteiger partial charge in [0, 0.05) is 51.0 Å². The summed E-state index contributed by atoms with van der Waals surface area (Å²) in [6.45, 7) is 4.48. The van der Waals surface area contributed by atoms with Gasteiger partial charge in [-0.3, -0.25) is 4.99 Å². The number of guanidine groups is 1. The molecule has 0 atom stereocenters. The standard InChI is InChI=1S/C18H22ClN5.HI/c1-20-18(22-14-15-5-7-16(19)8-6-15)24-12-10-23(11-13-24)17-4-2-3-9-21-17;/h2-9H,10-14H2,1H3,(H,20,22);1H. The van der Waals surface area contributed by atoms with Crippen LogP contribution in [0.4, 0.5) is 5.82 Å². The van der Waals surface area contributed by atoms with Crippen molar-refractivity contribution in [2.45, 2.75) is 6.54 Å². The molecule has 1 saturated heterocycles. The number of aliphatic imine (C=N–C) groups is 1. The van der Waals surface area contributed by atoms with Crippen LogP contribution >= 0.6 is 35.6 Å².